The van der Waals surface area contributed by atoms with Crippen molar-refractivity contribution in [3.05, 3.63) is 41.9 Å². The van der Waals surface area contributed by atoms with E-state index in [1.54, 1.807) is 0 Å². The monoisotopic (exact) mass is 257 g/mol. The van der Waals surface area contributed by atoms with Crippen molar-refractivity contribution in [3.63, 3.8) is 0 Å². The molecule has 1 heterocycles. The van der Waals surface area contributed by atoms with E-state index in [0.717, 1.165) is 11.5 Å². The van der Waals surface area contributed by atoms with Crippen molar-refractivity contribution < 1.29 is 0 Å². The second-order valence-corrected chi connectivity index (χ2v) is 5.80. The van der Waals surface area contributed by atoms with Crippen molar-refractivity contribution in [1.82, 2.24) is 15.3 Å². The number of imidazole rings is 1. The number of H-pyrrole nitrogens is 1. The lowest BCUT2D eigenvalue weighted by atomic mass is 10.0. The molecule has 2 aromatic rings. The van der Waals surface area contributed by atoms with Gasteiger partial charge in [-0.2, -0.15) is 0 Å². The summed E-state index contributed by atoms with van der Waals surface area (Å²) in [5.41, 5.74) is 3.46. The van der Waals surface area contributed by atoms with Crippen molar-refractivity contribution in [1.29, 1.82) is 0 Å². The van der Waals surface area contributed by atoms with Crippen LogP contribution in [0.4, 0.5) is 0 Å². The van der Waals surface area contributed by atoms with Gasteiger partial charge < -0.3 is 10.3 Å². The number of rotatable bonds is 4. The van der Waals surface area contributed by atoms with Crippen LogP contribution in [-0.2, 0) is 5.54 Å². The number of benzene rings is 1. The Morgan fingerprint density at radius 1 is 1.16 bits per heavy atom. The lowest BCUT2D eigenvalue weighted by Crippen LogP contribution is -2.34. The predicted molar refractivity (Wildman–Crippen MR) is 80.2 cm³/mol. The fourth-order valence-corrected chi connectivity index (χ4v) is 1.95. The zero-order valence-electron chi connectivity index (χ0n) is 12.4. The minimum Gasteiger partial charge on any atom is -0.340 e. The molecular weight excluding hydrogens is 234 g/mol. The maximum absolute atomic E-state index is 4.47. The van der Waals surface area contributed by atoms with Crippen molar-refractivity contribution in [2.24, 2.45) is 0 Å². The van der Waals surface area contributed by atoms with E-state index in [9.17, 15) is 0 Å². The molecule has 1 aromatic heterocycles. The van der Waals surface area contributed by atoms with Gasteiger partial charge in [0.2, 0.25) is 0 Å². The Morgan fingerprint density at radius 2 is 1.79 bits per heavy atom. The van der Waals surface area contributed by atoms with Gasteiger partial charge in [0.15, 0.2) is 0 Å². The number of aromatic amines is 1. The summed E-state index contributed by atoms with van der Waals surface area (Å²) in [4.78, 5) is 7.87. The zero-order valence-corrected chi connectivity index (χ0v) is 12.4. The van der Waals surface area contributed by atoms with Gasteiger partial charge in [-0.05, 0) is 37.9 Å². The Kier molecular flexibility index (Phi) is 3.76. The van der Waals surface area contributed by atoms with Crippen LogP contribution in [0.15, 0.2) is 30.5 Å². The van der Waals surface area contributed by atoms with Crippen LogP contribution >= 0.6 is 0 Å². The average Bonchev–Trinajstić information content (AvgIpc) is 2.89. The van der Waals surface area contributed by atoms with Crippen LogP contribution in [0.25, 0.3) is 11.3 Å². The predicted octanol–water partition coefficient (Wildman–Crippen LogP) is 3.65. The number of nitrogens with one attached hydrogen (secondary N) is 2. The van der Waals surface area contributed by atoms with Crippen LogP contribution in [0.3, 0.4) is 0 Å². The van der Waals surface area contributed by atoms with Crippen LogP contribution in [0.5, 0.6) is 0 Å². The molecule has 3 heteroatoms. The van der Waals surface area contributed by atoms with Crippen molar-refractivity contribution in [3.8, 4) is 11.3 Å². The molecule has 0 aliphatic heterocycles. The summed E-state index contributed by atoms with van der Waals surface area (Å²) in [5, 5.41) is 3.25. The second kappa shape index (κ2) is 5.17. The van der Waals surface area contributed by atoms with Crippen LogP contribution in [-0.4, -0.2) is 17.0 Å². The van der Waals surface area contributed by atoms with Crippen LogP contribution in [0, 0.1) is 0 Å². The molecule has 1 aromatic carbocycles. The highest BCUT2D eigenvalue weighted by atomic mass is 15.0. The summed E-state index contributed by atoms with van der Waals surface area (Å²) < 4.78 is 0. The molecule has 0 amide bonds. The average molecular weight is 257 g/mol. The van der Waals surface area contributed by atoms with E-state index in [-0.39, 0.29) is 5.54 Å². The quantitative estimate of drug-likeness (QED) is 0.877. The lowest BCUT2D eigenvalue weighted by Gasteiger charge is -2.20. The van der Waals surface area contributed by atoms with E-state index in [1.165, 1.54) is 11.1 Å². The van der Waals surface area contributed by atoms with E-state index in [0.29, 0.717) is 5.92 Å². The van der Waals surface area contributed by atoms with Gasteiger partial charge in [-0.3, -0.25) is 0 Å². The van der Waals surface area contributed by atoms with Gasteiger partial charge in [0, 0.05) is 0 Å². The normalized spacial score (nSPS) is 12.1. The SMILES string of the molecule is CNC(C)(C)c1ncc(-c2ccc(C(C)C)cc2)[nH]1. The topological polar surface area (TPSA) is 40.7 Å². The highest BCUT2D eigenvalue weighted by Gasteiger charge is 2.21. The molecule has 19 heavy (non-hydrogen) atoms. The Bertz CT molecular complexity index is 535. The van der Waals surface area contributed by atoms with E-state index in [1.807, 2.05) is 13.2 Å². The molecular formula is C16H23N3. The lowest BCUT2D eigenvalue weighted by molar-refractivity contribution is 0.421. The van der Waals surface area contributed by atoms with Crippen LogP contribution in [0.2, 0.25) is 0 Å². The number of hydrogen-bond donors (Lipinski definition) is 2. The number of nitrogens with zero attached hydrogens (tertiary/aromatic N) is 1. The third-order valence-electron chi connectivity index (χ3n) is 3.68. The molecule has 102 valence electrons. The van der Waals surface area contributed by atoms with Gasteiger partial charge in [-0.25, -0.2) is 4.98 Å². The smallest absolute Gasteiger partial charge is 0.126 e. The van der Waals surface area contributed by atoms with E-state index in [4.69, 9.17) is 0 Å². The molecule has 0 atom stereocenters. The first-order valence-corrected chi connectivity index (χ1v) is 6.79. The number of aromatic nitrogens is 2. The third kappa shape index (κ3) is 2.87. The summed E-state index contributed by atoms with van der Waals surface area (Å²) in [6, 6.07) is 8.67. The van der Waals surface area contributed by atoms with Crippen molar-refractivity contribution in [2.45, 2.75) is 39.2 Å². The van der Waals surface area contributed by atoms with Gasteiger partial charge in [0.1, 0.15) is 5.82 Å². The largest absolute Gasteiger partial charge is 0.340 e. The maximum atomic E-state index is 4.47. The summed E-state index contributed by atoms with van der Waals surface area (Å²) in [5.74, 6) is 1.52. The van der Waals surface area contributed by atoms with Gasteiger partial charge >= 0.3 is 0 Å². The molecule has 0 unspecified atom stereocenters. The van der Waals surface area contributed by atoms with Crippen LogP contribution < -0.4 is 5.32 Å². The highest BCUT2D eigenvalue weighted by molar-refractivity contribution is 5.59. The summed E-state index contributed by atoms with van der Waals surface area (Å²) in [7, 11) is 1.94. The minimum absolute atomic E-state index is 0.143. The first-order chi connectivity index (χ1) is 8.94. The van der Waals surface area contributed by atoms with Crippen molar-refractivity contribution in [2.75, 3.05) is 7.05 Å². The number of hydrogen-bond acceptors (Lipinski definition) is 2. The van der Waals surface area contributed by atoms with Gasteiger partial charge in [0.25, 0.3) is 0 Å². The molecule has 0 spiro atoms. The molecule has 0 fully saturated rings. The molecule has 0 aliphatic carbocycles. The van der Waals surface area contributed by atoms with E-state index in [2.05, 4.69) is 67.2 Å². The molecule has 2 N–H and O–H groups in total. The zero-order chi connectivity index (χ0) is 14.0. The first-order valence-electron chi connectivity index (χ1n) is 6.79. The molecule has 3 nitrogen and oxygen atoms in total. The fraction of sp³-hybridized carbons (Fsp3) is 0.438. The third-order valence-corrected chi connectivity index (χ3v) is 3.68. The Balaban J connectivity index is 2.28. The van der Waals surface area contributed by atoms with Crippen molar-refractivity contribution >= 4 is 0 Å². The maximum Gasteiger partial charge on any atom is 0.126 e. The van der Waals surface area contributed by atoms with Crippen LogP contribution in [0.1, 0.15) is 45.0 Å². The molecule has 0 aliphatic rings. The van der Waals surface area contributed by atoms with Gasteiger partial charge in [-0.15, -0.1) is 0 Å². The summed E-state index contributed by atoms with van der Waals surface area (Å²) in [6.45, 7) is 8.63. The summed E-state index contributed by atoms with van der Waals surface area (Å²) >= 11 is 0. The van der Waals surface area contributed by atoms with Gasteiger partial charge in [0.05, 0.1) is 17.4 Å². The van der Waals surface area contributed by atoms with Gasteiger partial charge in [-0.1, -0.05) is 38.1 Å². The molecule has 0 bridgehead atoms. The molecule has 0 radical (unpaired) electrons. The Labute approximate surface area is 115 Å². The minimum atomic E-state index is -0.143. The highest BCUT2D eigenvalue weighted by Crippen LogP contribution is 2.24. The second-order valence-electron chi connectivity index (χ2n) is 5.80. The fourth-order valence-electron chi connectivity index (χ4n) is 1.95. The Morgan fingerprint density at radius 3 is 2.32 bits per heavy atom. The van der Waals surface area contributed by atoms with E-state index >= 15 is 0 Å². The first kappa shape index (κ1) is 13.8. The molecule has 0 saturated carbocycles. The molecule has 0 saturated heterocycles. The Hall–Kier alpha value is -1.61. The standard InChI is InChI=1S/C16H23N3/c1-11(2)12-6-8-13(9-7-12)14-10-18-15(19-14)16(3,4)17-5/h6-11,17H,1-5H3,(H,18,19). The summed E-state index contributed by atoms with van der Waals surface area (Å²) in [6.07, 6.45) is 1.90. The molecule has 2 rings (SSSR count). The van der Waals surface area contributed by atoms with E-state index < -0.39 is 0 Å².